The lowest BCUT2D eigenvalue weighted by molar-refractivity contribution is -0.907. The molecule has 2 aromatic rings. The van der Waals surface area contributed by atoms with Crippen molar-refractivity contribution < 1.29 is 33.6 Å². The molecule has 0 saturated heterocycles. The van der Waals surface area contributed by atoms with Crippen molar-refractivity contribution in [1.29, 1.82) is 0 Å². The van der Waals surface area contributed by atoms with Crippen molar-refractivity contribution in [3.8, 4) is 0 Å². The normalized spacial score (nSPS) is 11.8. The van der Waals surface area contributed by atoms with Crippen LogP contribution in [0, 0.1) is 0 Å². The number of halogens is 1. The molecule has 3 heteroatoms. The van der Waals surface area contributed by atoms with Crippen LogP contribution >= 0.6 is 0 Å². The molecule has 126 valence electrons. The van der Waals surface area contributed by atoms with Crippen molar-refractivity contribution in [3.05, 3.63) is 71.8 Å². The quantitative estimate of drug-likeness (QED) is 0.514. The van der Waals surface area contributed by atoms with Crippen molar-refractivity contribution in [1.82, 2.24) is 0 Å². The molecule has 0 radical (unpaired) electrons. The maximum Gasteiger partial charge on any atom is 0.120 e. The summed E-state index contributed by atoms with van der Waals surface area (Å²) in [6, 6.07) is 20.1. The van der Waals surface area contributed by atoms with E-state index in [1.165, 1.54) is 0 Å². The van der Waals surface area contributed by atoms with Crippen molar-refractivity contribution in [2.45, 2.75) is 25.9 Å². The molecular formula is C20H28INO. The average Bonchev–Trinajstić information content (AvgIpc) is 2.61. The Morgan fingerprint density at radius 3 is 1.57 bits per heavy atom. The number of hydrogen-bond acceptors (Lipinski definition) is 1. The van der Waals surface area contributed by atoms with Crippen molar-refractivity contribution in [3.63, 3.8) is 0 Å². The van der Waals surface area contributed by atoms with E-state index in [1.54, 1.807) is 0 Å². The van der Waals surface area contributed by atoms with Crippen molar-refractivity contribution >= 4 is 0 Å². The molecule has 2 aromatic carbocycles. The Hall–Kier alpha value is -0.910. The van der Waals surface area contributed by atoms with E-state index in [0.717, 1.165) is 41.7 Å². The maximum absolute atomic E-state index is 11.5. The summed E-state index contributed by atoms with van der Waals surface area (Å²) < 4.78 is 0.974. The summed E-state index contributed by atoms with van der Waals surface area (Å²) in [6.45, 7) is 7.54. The Balaban J connectivity index is 0.00000264. The van der Waals surface area contributed by atoms with Gasteiger partial charge in [0, 0.05) is 6.42 Å². The highest BCUT2D eigenvalue weighted by Crippen LogP contribution is 2.33. The number of hydrogen-bond donors (Lipinski definition) is 1. The van der Waals surface area contributed by atoms with Crippen LogP contribution in [-0.2, 0) is 5.60 Å². The molecule has 0 spiro atoms. The van der Waals surface area contributed by atoms with E-state index in [0.29, 0.717) is 0 Å². The maximum atomic E-state index is 11.5. The van der Waals surface area contributed by atoms with E-state index in [2.05, 4.69) is 20.9 Å². The first-order valence-electron chi connectivity index (χ1n) is 8.21. The molecule has 0 aliphatic carbocycles. The van der Waals surface area contributed by atoms with Gasteiger partial charge < -0.3 is 33.6 Å². The SMILES string of the molecule is CC[N+](C)(CC)CCC(O)(c1ccccc1)c1ccccc1.[I-]. The molecule has 0 saturated carbocycles. The van der Waals surface area contributed by atoms with E-state index in [4.69, 9.17) is 0 Å². The van der Waals surface area contributed by atoms with Crippen LogP contribution in [0.4, 0.5) is 0 Å². The molecule has 0 aliphatic heterocycles. The highest BCUT2D eigenvalue weighted by Gasteiger charge is 2.34. The molecule has 2 rings (SSSR count). The Morgan fingerprint density at radius 1 is 0.826 bits per heavy atom. The lowest BCUT2D eigenvalue weighted by Crippen LogP contribution is -3.00. The van der Waals surface area contributed by atoms with Crippen LogP contribution in [0.1, 0.15) is 31.4 Å². The minimum atomic E-state index is -0.924. The number of aliphatic hydroxyl groups is 1. The molecule has 0 aromatic heterocycles. The number of rotatable bonds is 7. The summed E-state index contributed by atoms with van der Waals surface area (Å²) in [4.78, 5) is 0. The van der Waals surface area contributed by atoms with Gasteiger partial charge in [-0.15, -0.1) is 0 Å². The van der Waals surface area contributed by atoms with Gasteiger partial charge >= 0.3 is 0 Å². The van der Waals surface area contributed by atoms with Gasteiger partial charge in [0.2, 0.25) is 0 Å². The van der Waals surface area contributed by atoms with Crippen LogP contribution in [-0.4, -0.2) is 36.3 Å². The first-order chi connectivity index (χ1) is 10.5. The second-order valence-electron chi connectivity index (χ2n) is 6.32. The predicted octanol–water partition coefficient (Wildman–Crippen LogP) is 0.803. The molecular weight excluding hydrogens is 397 g/mol. The molecule has 0 heterocycles. The standard InChI is InChI=1S/C20H28NO.HI/c1-4-21(3,5-2)17-16-20(22,18-12-8-6-9-13-18)19-14-10-7-11-15-19;/h6-15,22H,4-5,16-17H2,1-3H3;1H/q+1;/p-1. The van der Waals surface area contributed by atoms with Crippen LogP contribution in [0.15, 0.2) is 60.7 Å². The molecule has 0 bridgehead atoms. The second kappa shape index (κ2) is 8.81. The fraction of sp³-hybridized carbons (Fsp3) is 0.400. The summed E-state index contributed by atoms with van der Waals surface area (Å²) in [5, 5.41) is 11.5. The van der Waals surface area contributed by atoms with Gasteiger partial charge in [0.05, 0.1) is 26.7 Å². The van der Waals surface area contributed by atoms with Gasteiger partial charge in [-0.2, -0.15) is 0 Å². The third kappa shape index (κ3) is 4.78. The minimum Gasteiger partial charge on any atom is -1.00 e. The highest BCUT2D eigenvalue weighted by molar-refractivity contribution is 5.35. The van der Waals surface area contributed by atoms with E-state index >= 15 is 0 Å². The third-order valence-electron chi connectivity index (χ3n) is 5.04. The van der Waals surface area contributed by atoms with Crippen LogP contribution < -0.4 is 24.0 Å². The van der Waals surface area contributed by atoms with Gasteiger partial charge in [0.25, 0.3) is 0 Å². The molecule has 23 heavy (non-hydrogen) atoms. The Morgan fingerprint density at radius 2 is 1.22 bits per heavy atom. The largest absolute Gasteiger partial charge is 1.00 e. The van der Waals surface area contributed by atoms with Gasteiger partial charge in [-0.05, 0) is 25.0 Å². The summed E-state index contributed by atoms with van der Waals surface area (Å²) in [6.07, 6.45) is 0.721. The second-order valence-corrected chi connectivity index (χ2v) is 6.32. The zero-order chi connectivity index (χ0) is 16.1. The predicted molar refractivity (Wildman–Crippen MR) is 92.6 cm³/mol. The van der Waals surface area contributed by atoms with E-state index in [9.17, 15) is 5.11 Å². The number of benzene rings is 2. The molecule has 1 N–H and O–H groups in total. The zero-order valence-corrected chi connectivity index (χ0v) is 16.5. The van der Waals surface area contributed by atoms with Gasteiger partial charge in [-0.1, -0.05) is 60.7 Å². The summed E-state index contributed by atoms with van der Waals surface area (Å²) >= 11 is 0. The molecule has 0 atom stereocenters. The van der Waals surface area contributed by atoms with Gasteiger partial charge in [0.15, 0.2) is 0 Å². The van der Waals surface area contributed by atoms with Crippen LogP contribution in [0.3, 0.4) is 0 Å². The molecule has 0 aliphatic rings. The van der Waals surface area contributed by atoms with Crippen LogP contribution in [0.2, 0.25) is 0 Å². The Bertz CT molecular complexity index is 527. The first kappa shape index (κ1) is 20.1. The number of quaternary nitrogens is 1. The Kier molecular flexibility index (Phi) is 7.71. The summed E-state index contributed by atoms with van der Waals surface area (Å²) in [7, 11) is 2.26. The van der Waals surface area contributed by atoms with Crippen molar-refractivity contribution in [2.24, 2.45) is 0 Å². The van der Waals surface area contributed by atoms with E-state index in [1.807, 2.05) is 60.7 Å². The van der Waals surface area contributed by atoms with E-state index < -0.39 is 5.60 Å². The average molecular weight is 425 g/mol. The third-order valence-corrected chi connectivity index (χ3v) is 5.04. The molecule has 2 nitrogen and oxygen atoms in total. The zero-order valence-electron chi connectivity index (χ0n) is 14.4. The summed E-state index contributed by atoms with van der Waals surface area (Å²) in [5.41, 5.74) is 1.02. The summed E-state index contributed by atoms with van der Waals surface area (Å²) in [5.74, 6) is 0. The number of nitrogens with zero attached hydrogens (tertiary/aromatic N) is 1. The lowest BCUT2D eigenvalue weighted by Gasteiger charge is -2.37. The van der Waals surface area contributed by atoms with E-state index in [-0.39, 0.29) is 24.0 Å². The van der Waals surface area contributed by atoms with Gasteiger partial charge in [0.1, 0.15) is 5.60 Å². The molecule has 0 unspecified atom stereocenters. The van der Waals surface area contributed by atoms with Crippen molar-refractivity contribution in [2.75, 3.05) is 26.7 Å². The smallest absolute Gasteiger partial charge is 0.120 e. The van der Waals surface area contributed by atoms with Crippen LogP contribution in [0.25, 0.3) is 0 Å². The minimum absolute atomic E-state index is 0. The highest BCUT2D eigenvalue weighted by atomic mass is 127. The fourth-order valence-electron chi connectivity index (χ4n) is 2.85. The monoisotopic (exact) mass is 425 g/mol. The van der Waals surface area contributed by atoms with Gasteiger partial charge in [-0.25, -0.2) is 0 Å². The molecule has 0 fully saturated rings. The first-order valence-corrected chi connectivity index (χ1v) is 8.21. The lowest BCUT2D eigenvalue weighted by atomic mass is 9.83. The molecule has 0 amide bonds. The Labute approximate surface area is 157 Å². The fourth-order valence-corrected chi connectivity index (χ4v) is 2.85. The topological polar surface area (TPSA) is 20.2 Å². The van der Waals surface area contributed by atoms with Gasteiger partial charge in [-0.3, -0.25) is 0 Å². The van der Waals surface area contributed by atoms with Crippen LogP contribution in [0.5, 0.6) is 0 Å².